The van der Waals surface area contributed by atoms with Gasteiger partial charge in [-0.25, -0.2) is 0 Å². The van der Waals surface area contributed by atoms with Gasteiger partial charge in [0, 0.05) is 5.92 Å². The van der Waals surface area contributed by atoms with Crippen molar-refractivity contribution >= 4 is 0 Å². The van der Waals surface area contributed by atoms with E-state index in [-0.39, 0.29) is 12.7 Å². The van der Waals surface area contributed by atoms with Crippen molar-refractivity contribution in [2.24, 2.45) is 0 Å². The van der Waals surface area contributed by atoms with Gasteiger partial charge in [-0.3, -0.25) is 0 Å². The van der Waals surface area contributed by atoms with E-state index in [1.165, 1.54) is 16.7 Å². The molecule has 0 aromatic heterocycles. The topological polar surface area (TPSA) is 36.9 Å². The monoisotopic (exact) mass is 362 g/mol. The van der Waals surface area contributed by atoms with Gasteiger partial charge in [0.15, 0.2) is 11.5 Å². The van der Waals surface area contributed by atoms with Crippen LogP contribution >= 0.6 is 0 Å². The van der Waals surface area contributed by atoms with E-state index in [9.17, 15) is 0 Å². The standard InChI is InChI=1S/C23H22O4/c1-24-19-8-3-16(4-9-19)13-21(17-5-10-20(25-2)11-6-17)18-7-12-22-23(14-18)27-15-26-22/h3-12,14,21H,13,15H2,1-2H3. The molecule has 1 aliphatic heterocycles. The maximum Gasteiger partial charge on any atom is 0.231 e. The molecule has 1 heterocycles. The SMILES string of the molecule is COc1ccc(CC(c2ccc(OC)cc2)c2ccc3c(c2)OCO3)cc1. The van der Waals surface area contributed by atoms with Gasteiger partial charge >= 0.3 is 0 Å². The Bertz CT molecular complexity index is 901. The second-order valence-corrected chi connectivity index (χ2v) is 6.49. The summed E-state index contributed by atoms with van der Waals surface area (Å²) in [6.45, 7) is 0.282. The number of hydrogen-bond donors (Lipinski definition) is 0. The zero-order valence-corrected chi connectivity index (χ0v) is 15.5. The molecule has 4 heteroatoms. The molecular weight excluding hydrogens is 340 g/mol. The molecule has 0 amide bonds. The molecule has 3 aromatic carbocycles. The van der Waals surface area contributed by atoms with Crippen molar-refractivity contribution in [3.05, 3.63) is 83.4 Å². The number of benzene rings is 3. The first-order valence-electron chi connectivity index (χ1n) is 8.93. The molecule has 0 bridgehead atoms. The van der Waals surface area contributed by atoms with Crippen LogP contribution in [-0.2, 0) is 6.42 Å². The third kappa shape index (κ3) is 3.70. The predicted molar refractivity (Wildman–Crippen MR) is 104 cm³/mol. The van der Waals surface area contributed by atoms with Crippen LogP contribution in [0, 0.1) is 0 Å². The van der Waals surface area contributed by atoms with Crippen LogP contribution < -0.4 is 18.9 Å². The van der Waals surface area contributed by atoms with Crippen LogP contribution in [0.2, 0.25) is 0 Å². The fourth-order valence-electron chi connectivity index (χ4n) is 3.39. The largest absolute Gasteiger partial charge is 0.497 e. The highest BCUT2D eigenvalue weighted by molar-refractivity contribution is 5.48. The Morgan fingerprint density at radius 3 is 2.00 bits per heavy atom. The maximum absolute atomic E-state index is 5.58. The van der Waals surface area contributed by atoms with Gasteiger partial charge in [0.2, 0.25) is 6.79 Å². The van der Waals surface area contributed by atoms with E-state index in [4.69, 9.17) is 18.9 Å². The van der Waals surface area contributed by atoms with E-state index in [0.717, 1.165) is 29.4 Å². The summed E-state index contributed by atoms with van der Waals surface area (Å²) in [4.78, 5) is 0. The molecule has 4 rings (SSSR count). The average Bonchev–Trinajstić information content (AvgIpc) is 3.20. The molecule has 0 radical (unpaired) electrons. The molecule has 27 heavy (non-hydrogen) atoms. The van der Waals surface area contributed by atoms with Crippen molar-refractivity contribution in [2.75, 3.05) is 21.0 Å². The van der Waals surface area contributed by atoms with Gasteiger partial charge in [0.1, 0.15) is 11.5 Å². The van der Waals surface area contributed by atoms with Crippen molar-refractivity contribution < 1.29 is 18.9 Å². The fourth-order valence-corrected chi connectivity index (χ4v) is 3.39. The molecule has 4 nitrogen and oxygen atoms in total. The highest BCUT2D eigenvalue weighted by Crippen LogP contribution is 2.38. The summed E-state index contributed by atoms with van der Waals surface area (Å²) in [5, 5.41) is 0. The molecule has 0 fully saturated rings. The van der Waals surface area contributed by atoms with Crippen LogP contribution in [0.4, 0.5) is 0 Å². The van der Waals surface area contributed by atoms with E-state index in [1.54, 1.807) is 14.2 Å². The van der Waals surface area contributed by atoms with E-state index < -0.39 is 0 Å². The molecule has 138 valence electrons. The van der Waals surface area contributed by atoms with Crippen LogP contribution in [0.3, 0.4) is 0 Å². The van der Waals surface area contributed by atoms with Crippen molar-refractivity contribution in [3.8, 4) is 23.0 Å². The fraction of sp³-hybridized carbons (Fsp3) is 0.217. The summed E-state index contributed by atoms with van der Waals surface area (Å²) in [6.07, 6.45) is 0.871. The molecule has 0 spiro atoms. The lowest BCUT2D eigenvalue weighted by atomic mass is 9.85. The normalized spacial score (nSPS) is 13.3. The molecule has 1 atom stereocenters. The van der Waals surface area contributed by atoms with Gasteiger partial charge < -0.3 is 18.9 Å². The molecule has 0 N–H and O–H groups in total. The minimum Gasteiger partial charge on any atom is -0.497 e. The average molecular weight is 362 g/mol. The highest BCUT2D eigenvalue weighted by atomic mass is 16.7. The first-order chi connectivity index (χ1) is 13.3. The van der Waals surface area contributed by atoms with Crippen molar-refractivity contribution in [2.45, 2.75) is 12.3 Å². The lowest BCUT2D eigenvalue weighted by Crippen LogP contribution is -2.05. The van der Waals surface area contributed by atoms with Crippen LogP contribution in [-0.4, -0.2) is 21.0 Å². The van der Waals surface area contributed by atoms with Crippen molar-refractivity contribution in [1.82, 2.24) is 0 Å². The Balaban J connectivity index is 1.69. The van der Waals surface area contributed by atoms with E-state index in [2.05, 4.69) is 36.4 Å². The number of rotatable bonds is 6. The van der Waals surface area contributed by atoms with Crippen molar-refractivity contribution in [1.29, 1.82) is 0 Å². The third-order valence-electron chi connectivity index (χ3n) is 4.92. The second-order valence-electron chi connectivity index (χ2n) is 6.49. The zero-order chi connectivity index (χ0) is 18.6. The summed E-state index contributed by atoms with van der Waals surface area (Å²) < 4.78 is 21.6. The number of methoxy groups -OCH3 is 2. The number of fused-ring (bicyclic) bond motifs is 1. The van der Waals surface area contributed by atoms with E-state index >= 15 is 0 Å². The van der Waals surface area contributed by atoms with Gasteiger partial charge in [-0.2, -0.15) is 0 Å². The minimum absolute atomic E-state index is 0.193. The van der Waals surface area contributed by atoms with Gasteiger partial charge in [-0.05, 0) is 59.5 Å². The number of hydrogen-bond acceptors (Lipinski definition) is 4. The van der Waals surface area contributed by atoms with E-state index in [1.807, 2.05) is 30.3 Å². The molecule has 3 aromatic rings. The van der Waals surface area contributed by atoms with Crippen LogP contribution in [0.25, 0.3) is 0 Å². The summed E-state index contributed by atoms with van der Waals surface area (Å²) in [5.41, 5.74) is 3.67. The molecule has 1 aliphatic rings. The summed E-state index contributed by atoms with van der Waals surface area (Å²) in [5.74, 6) is 3.52. The molecule has 0 saturated heterocycles. The Kier molecular flexibility index (Phi) is 4.88. The first kappa shape index (κ1) is 17.3. The summed E-state index contributed by atoms with van der Waals surface area (Å²) >= 11 is 0. The molecule has 0 saturated carbocycles. The molecule has 1 unspecified atom stereocenters. The quantitative estimate of drug-likeness (QED) is 0.631. The van der Waals surface area contributed by atoms with Gasteiger partial charge in [-0.1, -0.05) is 30.3 Å². The molecule has 0 aliphatic carbocycles. The number of ether oxygens (including phenoxy) is 4. The van der Waals surface area contributed by atoms with Crippen LogP contribution in [0.5, 0.6) is 23.0 Å². The van der Waals surface area contributed by atoms with Gasteiger partial charge in [-0.15, -0.1) is 0 Å². The molecular formula is C23H22O4. The van der Waals surface area contributed by atoms with Crippen LogP contribution in [0.1, 0.15) is 22.6 Å². The van der Waals surface area contributed by atoms with Crippen LogP contribution in [0.15, 0.2) is 66.7 Å². The first-order valence-corrected chi connectivity index (χ1v) is 8.93. The maximum atomic E-state index is 5.58. The Morgan fingerprint density at radius 2 is 1.33 bits per heavy atom. The van der Waals surface area contributed by atoms with Gasteiger partial charge in [0.05, 0.1) is 14.2 Å². The smallest absolute Gasteiger partial charge is 0.231 e. The Labute approximate surface area is 159 Å². The second kappa shape index (κ2) is 7.62. The van der Waals surface area contributed by atoms with Crippen molar-refractivity contribution in [3.63, 3.8) is 0 Å². The third-order valence-corrected chi connectivity index (χ3v) is 4.92. The van der Waals surface area contributed by atoms with E-state index in [0.29, 0.717) is 0 Å². The zero-order valence-electron chi connectivity index (χ0n) is 15.5. The summed E-state index contributed by atoms with van der Waals surface area (Å²) in [6, 6.07) is 22.7. The highest BCUT2D eigenvalue weighted by Gasteiger charge is 2.20. The predicted octanol–water partition coefficient (Wildman–Crippen LogP) is 4.81. The lowest BCUT2D eigenvalue weighted by Gasteiger charge is -2.19. The minimum atomic E-state index is 0.193. The van der Waals surface area contributed by atoms with Gasteiger partial charge in [0.25, 0.3) is 0 Å². The Morgan fingerprint density at radius 1 is 0.741 bits per heavy atom. The lowest BCUT2D eigenvalue weighted by molar-refractivity contribution is 0.174. The summed E-state index contributed by atoms with van der Waals surface area (Å²) in [7, 11) is 3.36. The Hall–Kier alpha value is -3.14.